The average molecular weight is 414 g/mol. The van der Waals surface area contributed by atoms with Gasteiger partial charge in [0.1, 0.15) is 11.5 Å². The summed E-state index contributed by atoms with van der Waals surface area (Å²) in [7, 11) is 1.58. The van der Waals surface area contributed by atoms with Crippen LogP contribution in [0.15, 0.2) is 82.3 Å². The zero-order chi connectivity index (χ0) is 21.6. The zero-order valence-electron chi connectivity index (χ0n) is 16.5. The first-order valence-corrected chi connectivity index (χ1v) is 9.34. The molecular formula is C23H18N4O4. The lowest BCUT2D eigenvalue weighted by Gasteiger charge is -2.03. The number of hydrogen-bond acceptors (Lipinski definition) is 7. The first-order valence-electron chi connectivity index (χ1n) is 9.34. The van der Waals surface area contributed by atoms with Crippen LogP contribution in [0.5, 0.6) is 11.5 Å². The van der Waals surface area contributed by atoms with Gasteiger partial charge in [-0.15, -0.1) is 10.2 Å². The summed E-state index contributed by atoms with van der Waals surface area (Å²) in [6, 6.07) is 20.6. The highest BCUT2D eigenvalue weighted by molar-refractivity contribution is 5.95. The van der Waals surface area contributed by atoms with Gasteiger partial charge in [0, 0.05) is 11.1 Å². The molecule has 0 aliphatic carbocycles. The van der Waals surface area contributed by atoms with Gasteiger partial charge in [-0.3, -0.25) is 4.79 Å². The number of methoxy groups -OCH3 is 1. The summed E-state index contributed by atoms with van der Waals surface area (Å²) in [6.07, 6.45) is 1.49. The van der Waals surface area contributed by atoms with Crippen molar-refractivity contribution in [3.05, 3.63) is 83.9 Å². The van der Waals surface area contributed by atoms with Crippen LogP contribution in [0.1, 0.15) is 15.9 Å². The molecule has 31 heavy (non-hydrogen) atoms. The summed E-state index contributed by atoms with van der Waals surface area (Å²) in [5.41, 5.74) is 5.01. The monoisotopic (exact) mass is 414 g/mol. The Morgan fingerprint density at radius 2 is 1.71 bits per heavy atom. The molecule has 0 radical (unpaired) electrons. The van der Waals surface area contributed by atoms with E-state index in [1.807, 2.05) is 24.3 Å². The summed E-state index contributed by atoms with van der Waals surface area (Å²) in [5.74, 6) is 1.12. The Labute approximate surface area is 177 Å². The summed E-state index contributed by atoms with van der Waals surface area (Å²) < 4.78 is 11.1. The van der Waals surface area contributed by atoms with E-state index in [9.17, 15) is 9.90 Å². The number of carbonyl (C=O) groups excluding carboxylic acids is 1. The molecule has 8 heteroatoms. The van der Waals surface area contributed by atoms with Crippen LogP contribution >= 0.6 is 0 Å². The van der Waals surface area contributed by atoms with Crippen molar-refractivity contribution in [1.29, 1.82) is 0 Å². The Balaban J connectivity index is 1.44. The third-order valence-corrected chi connectivity index (χ3v) is 4.43. The van der Waals surface area contributed by atoms with Gasteiger partial charge in [0.15, 0.2) is 0 Å². The minimum atomic E-state index is -0.359. The van der Waals surface area contributed by atoms with E-state index < -0.39 is 0 Å². The van der Waals surface area contributed by atoms with Crippen molar-refractivity contribution in [2.75, 3.05) is 7.11 Å². The number of aromatic nitrogens is 2. The van der Waals surface area contributed by atoms with E-state index in [4.69, 9.17) is 9.15 Å². The van der Waals surface area contributed by atoms with Gasteiger partial charge in [-0.1, -0.05) is 12.1 Å². The van der Waals surface area contributed by atoms with Gasteiger partial charge in [-0.25, -0.2) is 5.43 Å². The second kappa shape index (κ2) is 8.91. The van der Waals surface area contributed by atoms with E-state index in [2.05, 4.69) is 20.7 Å². The van der Waals surface area contributed by atoms with Crippen LogP contribution < -0.4 is 10.2 Å². The van der Waals surface area contributed by atoms with Crippen molar-refractivity contribution < 1.29 is 19.1 Å². The fraction of sp³-hybridized carbons (Fsp3) is 0.0435. The van der Waals surface area contributed by atoms with Crippen LogP contribution in [-0.4, -0.2) is 34.5 Å². The Kier molecular flexibility index (Phi) is 5.70. The third-order valence-electron chi connectivity index (χ3n) is 4.43. The highest BCUT2D eigenvalue weighted by Crippen LogP contribution is 2.30. The third kappa shape index (κ3) is 4.59. The average Bonchev–Trinajstić information content (AvgIpc) is 3.30. The van der Waals surface area contributed by atoms with Crippen molar-refractivity contribution in [3.63, 3.8) is 0 Å². The van der Waals surface area contributed by atoms with Crippen LogP contribution in [0.2, 0.25) is 0 Å². The number of nitrogens with one attached hydrogen (secondary N) is 1. The molecule has 1 amide bonds. The normalized spacial score (nSPS) is 10.9. The lowest BCUT2D eigenvalue weighted by molar-refractivity contribution is 0.0955. The maximum atomic E-state index is 12.3. The summed E-state index contributed by atoms with van der Waals surface area (Å²) in [5, 5.41) is 21.4. The van der Waals surface area contributed by atoms with E-state index in [-0.39, 0.29) is 11.7 Å². The van der Waals surface area contributed by atoms with Crippen LogP contribution in [0.3, 0.4) is 0 Å². The van der Waals surface area contributed by atoms with Crippen molar-refractivity contribution in [3.8, 4) is 34.4 Å². The smallest absolute Gasteiger partial charge is 0.271 e. The Morgan fingerprint density at radius 3 is 2.45 bits per heavy atom. The molecule has 2 N–H and O–H groups in total. The predicted octanol–water partition coefficient (Wildman–Crippen LogP) is 3.88. The second-order valence-electron chi connectivity index (χ2n) is 6.48. The predicted molar refractivity (Wildman–Crippen MR) is 115 cm³/mol. The standard InChI is InChI=1S/C23H18N4O4/c1-30-20-5-3-2-4-19(20)23-27-26-22(31-23)17-10-8-16(9-11-17)21(29)25-24-14-15-6-12-18(28)13-7-15/h2-14,28H,1H3,(H,25,29)/b24-14+. The largest absolute Gasteiger partial charge is 0.508 e. The molecule has 0 aliphatic rings. The number of para-hydroxylation sites is 1. The maximum absolute atomic E-state index is 12.3. The van der Waals surface area contributed by atoms with E-state index in [1.54, 1.807) is 55.6 Å². The lowest BCUT2D eigenvalue weighted by Crippen LogP contribution is -2.17. The van der Waals surface area contributed by atoms with Crippen LogP contribution in [0.4, 0.5) is 0 Å². The second-order valence-corrected chi connectivity index (χ2v) is 6.48. The first-order chi connectivity index (χ1) is 15.1. The van der Waals surface area contributed by atoms with Gasteiger partial charge in [0.2, 0.25) is 5.89 Å². The molecule has 4 rings (SSSR count). The summed E-state index contributed by atoms with van der Waals surface area (Å²) >= 11 is 0. The van der Waals surface area contributed by atoms with E-state index in [1.165, 1.54) is 6.21 Å². The summed E-state index contributed by atoms with van der Waals surface area (Å²) in [6.45, 7) is 0. The van der Waals surface area contributed by atoms with Gasteiger partial charge in [0.25, 0.3) is 11.8 Å². The number of hydrazone groups is 1. The number of phenolic OH excluding ortho intramolecular Hbond substituents is 1. The summed E-state index contributed by atoms with van der Waals surface area (Å²) in [4.78, 5) is 12.3. The fourth-order valence-electron chi connectivity index (χ4n) is 2.82. The minimum Gasteiger partial charge on any atom is -0.508 e. The van der Waals surface area contributed by atoms with E-state index >= 15 is 0 Å². The molecule has 0 spiro atoms. The number of aromatic hydroxyl groups is 1. The number of amides is 1. The maximum Gasteiger partial charge on any atom is 0.271 e. The Hall–Kier alpha value is -4.46. The molecule has 0 atom stereocenters. The molecular weight excluding hydrogens is 396 g/mol. The van der Waals surface area contributed by atoms with Crippen LogP contribution in [0, 0.1) is 0 Å². The molecule has 154 valence electrons. The van der Waals surface area contributed by atoms with Gasteiger partial charge in [-0.2, -0.15) is 5.10 Å². The fourth-order valence-corrected chi connectivity index (χ4v) is 2.82. The van der Waals surface area contributed by atoms with Crippen molar-refractivity contribution in [2.45, 2.75) is 0 Å². The molecule has 0 bridgehead atoms. The minimum absolute atomic E-state index is 0.164. The SMILES string of the molecule is COc1ccccc1-c1nnc(-c2ccc(C(=O)N/N=C/c3ccc(O)cc3)cc2)o1. The number of hydrogen-bond donors (Lipinski definition) is 2. The van der Waals surface area contributed by atoms with Gasteiger partial charge >= 0.3 is 0 Å². The highest BCUT2D eigenvalue weighted by Gasteiger charge is 2.14. The van der Waals surface area contributed by atoms with Crippen molar-refractivity contribution in [2.24, 2.45) is 5.10 Å². The highest BCUT2D eigenvalue weighted by atomic mass is 16.5. The number of nitrogens with zero attached hydrogens (tertiary/aromatic N) is 3. The molecule has 3 aromatic carbocycles. The topological polar surface area (TPSA) is 110 Å². The van der Waals surface area contributed by atoms with Gasteiger partial charge in [0.05, 0.1) is 18.9 Å². The van der Waals surface area contributed by atoms with E-state index in [0.717, 1.165) is 5.56 Å². The molecule has 1 heterocycles. The number of benzene rings is 3. The number of carbonyl (C=O) groups is 1. The molecule has 1 aromatic heterocycles. The zero-order valence-corrected chi connectivity index (χ0v) is 16.5. The molecule has 8 nitrogen and oxygen atoms in total. The molecule has 4 aromatic rings. The van der Waals surface area contributed by atoms with Crippen LogP contribution in [-0.2, 0) is 0 Å². The first kappa shape index (κ1) is 19.8. The van der Waals surface area contributed by atoms with E-state index in [0.29, 0.717) is 34.2 Å². The number of ether oxygens (including phenoxy) is 1. The Morgan fingerprint density at radius 1 is 1.00 bits per heavy atom. The number of rotatable bonds is 6. The van der Waals surface area contributed by atoms with Crippen molar-refractivity contribution >= 4 is 12.1 Å². The van der Waals surface area contributed by atoms with Gasteiger partial charge in [-0.05, 0) is 66.2 Å². The van der Waals surface area contributed by atoms with Crippen molar-refractivity contribution in [1.82, 2.24) is 15.6 Å². The molecule has 0 fully saturated rings. The lowest BCUT2D eigenvalue weighted by atomic mass is 10.1. The Bertz CT molecular complexity index is 1220. The number of phenols is 1. The van der Waals surface area contributed by atoms with Crippen LogP contribution in [0.25, 0.3) is 22.9 Å². The molecule has 0 unspecified atom stereocenters. The van der Waals surface area contributed by atoms with Gasteiger partial charge < -0.3 is 14.3 Å². The molecule has 0 aliphatic heterocycles. The molecule has 0 saturated carbocycles. The quantitative estimate of drug-likeness (QED) is 0.366. The molecule has 0 saturated heterocycles.